The molecule has 0 atom stereocenters. The number of hydrogen-bond donors (Lipinski definition) is 0. The van der Waals surface area contributed by atoms with Crippen LogP contribution in [0.2, 0.25) is 5.28 Å². The van der Waals surface area contributed by atoms with Crippen molar-refractivity contribution in [1.29, 1.82) is 0 Å². The van der Waals surface area contributed by atoms with Gasteiger partial charge in [-0.1, -0.05) is 12.1 Å². The Morgan fingerprint density at radius 1 is 1.36 bits per heavy atom. The van der Waals surface area contributed by atoms with E-state index in [0.29, 0.717) is 11.7 Å². The first-order valence-corrected chi connectivity index (χ1v) is 4.17. The van der Waals surface area contributed by atoms with Gasteiger partial charge in [0, 0.05) is 5.39 Å². The molecule has 1 aromatic carbocycles. The van der Waals surface area contributed by atoms with E-state index in [4.69, 9.17) is 11.6 Å². The van der Waals surface area contributed by atoms with Crippen LogP contribution in [0.1, 0.15) is 10.5 Å². The SMILES string of the molecule is O=Cc1nc(Cl)nc2c(F)cccc12. The molecular formula is C9H4ClFN2O. The van der Waals surface area contributed by atoms with Gasteiger partial charge in [0.2, 0.25) is 5.28 Å². The highest BCUT2D eigenvalue weighted by Gasteiger charge is 2.08. The third-order valence-corrected chi connectivity index (χ3v) is 1.96. The van der Waals surface area contributed by atoms with E-state index in [0.717, 1.165) is 0 Å². The minimum absolute atomic E-state index is 0.0644. The zero-order valence-corrected chi connectivity index (χ0v) is 7.62. The summed E-state index contributed by atoms with van der Waals surface area (Å²) in [7, 11) is 0. The van der Waals surface area contributed by atoms with Gasteiger partial charge >= 0.3 is 0 Å². The van der Waals surface area contributed by atoms with Crippen molar-refractivity contribution in [2.75, 3.05) is 0 Å². The Labute approximate surface area is 83.5 Å². The fourth-order valence-electron chi connectivity index (χ4n) is 1.20. The number of carbonyl (C=O) groups is 1. The fourth-order valence-corrected chi connectivity index (χ4v) is 1.38. The van der Waals surface area contributed by atoms with E-state index >= 15 is 0 Å². The summed E-state index contributed by atoms with van der Waals surface area (Å²) in [4.78, 5) is 18.0. The molecule has 0 aliphatic carbocycles. The Bertz CT molecular complexity index is 515. The maximum atomic E-state index is 13.2. The first kappa shape index (κ1) is 9.02. The Morgan fingerprint density at radius 2 is 2.14 bits per heavy atom. The second kappa shape index (κ2) is 3.31. The number of fused-ring (bicyclic) bond motifs is 1. The molecule has 0 N–H and O–H groups in total. The smallest absolute Gasteiger partial charge is 0.223 e. The van der Waals surface area contributed by atoms with Crippen LogP contribution in [-0.2, 0) is 0 Å². The Kier molecular flexibility index (Phi) is 2.13. The predicted octanol–water partition coefficient (Wildman–Crippen LogP) is 2.23. The van der Waals surface area contributed by atoms with E-state index in [1.54, 1.807) is 6.07 Å². The number of halogens is 2. The molecule has 2 rings (SSSR count). The molecule has 14 heavy (non-hydrogen) atoms. The second-order valence-electron chi connectivity index (χ2n) is 2.63. The lowest BCUT2D eigenvalue weighted by molar-refractivity contribution is 0.112. The van der Waals surface area contributed by atoms with Gasteiger partial charge in [-0.05, 0) is 17.7 Å². The van der Waals surface area contributed by atoms with Crippen molar-refractivity contribution < 1.29 is 9.18 Å². The van der Waals surface area contributed by atoms with Crippen molar-refractivity contribution in [3.63, 3.8) is 0 Å². The van der Waals surface area contributed by atoms with Gasteiger partial charge in [-0.3, -0.25) is 4.79 Å². The van der Waals surface area contributed by atoms with Gasteiger partial charge < -0.3 is 0 Å². The summed E-state index contributed by atoms with van der Waals surface area (Å²) in [5, 5.41) is 0.231. The molecule has 70 valence electrons. The van der Waals surface area contributed by atoms with Crippen molar-refractivity contribution in [3.05, 3.63) is 35.0 Å². The molecule has 3 nitrogen and oxygen atoms in total. The largest absolute Gasteiger partial charge is 0.296 e. The molecule has 0 amide bonds. The van der Waals surface area contributed by atoms with Crippen molar-refractivity contribution in [2.45, 2.75) is 0 Å². The molecule has 0 bridgehead atoms. The quantitative estimate of drug-likeness (QED) is 0.536. The van der Waals surface area contributed by atoms with Gasteiger partial charge in [-0.25, -0.2) is 14.4 Å². The molecule has 0 fully saturated rings. The zero-order valence-electron chi connectivity index (χ0n) is 6.87. The van der Waals surface area contributed by atoms with Gasteiger partial charge in [0.1, 0.15) is 17.0 Å². The van der Waals surface area contributed by atoms with Crippen LogP contribution < -0.4 is 0 Å². The highest BCUT2D eigenvalue weighted by atomic mass is 35.5. The van der Waals surface area contributed by atoms with Gasteiger partial charge in [-0.15, -0.1) is 0 Å². The molecule has 2 aromatic rings. The maximum Gasteiger partial charge on any atom is 0.223 e. The summed E-state index contributed by atoms with van der Waals surface area (Å²) in [5.74, 6) is -0.519. The Balaban J connectivity index is 2.94. The normalized spacial score (nSPS) is 10.4. The number of aldehydes is 1. The first-order chi connectivity index (χ1) is 6.72. The number of benzene rings is 1. The molecule has 5 heteroatoms. The minimum atomic E-state index is -0.519. The monoisotopic (exact) mass is 210 g/mol. The molecule has 0 saturated carbocycles. The van der Waals surface area contributed by atoms with Crippen LogP contribution in [0.4, 0.5) is 4.39 Å². The van der Waals surface area contributed by atoms with E-state index in [1.807, 2.05) is 0 Å². The van der Waals surface area contributed by atoms with Crippen LogP contribution in [0.25, 0.3) is 10.9 Å². The van der Waals surface area contributed by atoms with E-state index < -0.39 is 5.82 Å². The van der Waals surface area contributed by atoms with Crippen molar-refractivity contribution >= 4 is 28.8 Å². The summed E-state index contributed by atoms with van der Waals surface area (Å²) in [6.45, 7) is 0. The standard InChI is InChI=1S/C9H4ClFN2O/c10-9-12-7(4-14)5-2-1-3-6(11)8(5)13-9/h1-4H. The van der Waals surface area contributed by atoms with Crippen molar-refractivity contribution in [2.24, 2.45) is 0 Å². The average Bonchev–Trinajstić information content (AvgIpc) is 2.18. The molecule has 1 heterocycles. The van der Waals surface area contributed by atoms with E-state index in [-0.39, 0.29) is 16.5 Å². The fraction of sp³-hybridized carbons (Fsp3) is 0. The highest BCUT2D eigenvalue weighted by Crippen LogP contribution is 2.19. The number of para-hydroxylation sites is 1. The third kappa shape index (κ3) is 1.33. The molecular weight excluding hydrogens is 207 g/mol. The lowest BCUT2D eigenvalue weighted by atomic mass is 10.2. The molecule has 0 radical (unpaired) electrons. The van der Waals surface area contributed by atoms with Crippen molar-refractivity contribution in [1.82, 2.24) is 9.97 Å². The number of aromatic nitrogens is 2. The first-order valence-electron chi connectivity index (χ1n) is 3.79. The summed E-state index contributed by atoms with van der Waals surface area (Å²) in [6.07, 6.45) is 0.523. The van der Waals surface area contributed by atoms with E-state index in [1.165, 1.54) is 12.1 Å². The van der Waals surface area contributed by atoms with Crippen LogP contribution in [0.15, 0.2) is 18.2 Å². The van der Waals surface area contributed by atoms with Gasteiger partial charge in [0.15, 0.2) is 6.29 Å². The van der Waals surface area contributed by atoms with E-state index in [9.17, 15) is 9.18 Å². The van der Waals surface area contributed by atoms with Gasteiger partial charge in [0.05, 0.1) is 0 Å². The number of rotatable bonds is 1. The molecule has 0 unspecified atom stereocenters. The molecule has 0 saturated heterocycles. The number of hydrogen-bond acceptors (Lipinski definition) is 3. The van der Waals surface area contributed by atoms with Crippen LogP contribution in [0, 0.1) is 5.82 Å². The molecule has 0 aliphatic heterocycles. The molecule has 1 aromatic heterocycles. The van der Waals surface area contributed by atoms with Gasteiger partial charge in [0.25, 0.3) is 0 Å². The van der Waals surface area contributed by atoms with Crippen LogP contribution in [0.3, 0.4) is 0 Å². The zero-order chi connectivity index (χ0) is 10.1. The van der Waals surface area contributed by atoms with Crippen LogP contribution in [-0.4, -0.2) is 16.3 Å². The number of nitrogens with zero attached hydrogens (tertiary/aromatic N) is 2. The topological polar surface area (TPSA) is 42.9 Å². The van der Waals surface area contributed by atoms with Crippen molar-refractivity contribution in [3.8, 4) is 0 Å². The maximum absolute atomic E-state index is 13.2. The number of carbonyl (C=O) groups excluding carboxylic acids is 1. The van der Waals surface area contributed by atoms with E-state index in [2.05, 4.69) is 9.97 Å². The second-order valence-corrected chi connectivity index (χ2v) is 2.97. The Morgan fingerprint density at radius 3 is 2.86 bits per heavy atom. The summed E-state index contributed by atoms with van der Waals surface area (Å²) in [5.41, 5.74) is 0.161. The lowest BCUT2D eigenvalue weighted by Gasteiger charge is -2.00. The lowest BCUT2D eigenvalue weighted by Crippen LogP contribution is -1.95. The Hall–Kier alpha value is -1.55. The minimum Gasteiger partial charge on any atom is -0.296 e. The predicted molar refractivity (Wildman–Crippen MR) is 49.9 cm³/mol. The highest BCUT2D eigenvalue weighted by molar-refractivity contribution is 6.28. The van der Waals surface area contributed by atoms with Crippen LogP contribution in [0.5, 0.6) is 0 Å². The summed E-state index contributed by atoms with van der Waals surface area (Å²) >= 11 is 5.53. The van der Waals surface area contributed by atoms with Gasteiger partial charge in [-0.2, -0.15) is 0 Å². The summed E-state index contributed by atoms with van der Waals surface area (Å²) in [6, 6.07) is 4.31. The summed E-state index contributed by atoms with van der Waals surface area (Å²) < 4.78 is 13.2. The molecule has 0 aliphatic rings. The third-order valence-electron chi connectivity index (χ3n) is 1.79. The average molecular weight is 211 g/mol. The molecule has 0 spiro atoms. The van der Waals surface area contributed by atoms with Crippen LogP contribution >= 0.6 is 11.6 Å².